The van der Waals surface area contributed by atoms with E-state index in [1.54, 1.807) is 17.0 Å². The molecule has 1 saturated heterocycles. The average Bonchev–Trinajstić information content (AvgIpc) is 3.34. The van der Waals surface area contributed by atoms with Gasteiger partial charge in [0.2, 0.25) is 10.0 Å². The summed E-state index contributed by atoms with van der Waals surface area (Å²) in [5.74, 6) is 0.515. The third-order valence-electron chi connectivity index (χ3n) is 7.97. The molecule has 5 rings (SSSR count). The Morgan fingerprint density at radius 1 is 1.07 bits per heavy atom. The molecule has 216 valence electrons. The van der Waals surface area contributed by atoms with Crippen LogP contribution >= 0.6 is 0 Å². The second kappa shape index (κ2) is 11.9. The van der Waals surface area contributed by atoms with Crippen LogP contribution in [0.5, 0.6) is 0 Å². The summed E-state index contributed by atoms with van der Waals surface area (Å²) in [6.07, 6.45) is 5.96. The number of piperidine rings is 1. The third kappa shape index (κ3) is 6.87. The van der Waals surface area contributed by atoms with Crippen LogP contribution in [0.1, 0.15) is 56.7 Å². The maximum atomic E-state index is 13.3. The predicted octanol–water partition coefficient (Wildman–Crippen LogP) is 5.35. The summed E-state index contributed by atoms with van der Waals surface area (Å²) >= 11 is 0. The van der Waals surface area contributed by atoms with Crippen molar-refractivity contribution in [2.45, 2.75) is 69.9 Å². The predicted molar refractivity (Wildman–Crippen MR) is 156 cm³/mol. The van der Waals surface area contributed by atoms with Gasteiger partial charge in [-0.25, -0.2) is 17.9 Å². The lowest BCUT2D eigenvalue weighted by Crippen LogP contribution is -2.40. The van der Waals surface area contributed by atoms with E-state index < -0.39 is 15.6 Å². The Balaban J connectivity index is 1.08. The minimum atomic E-state index is -3.64. The Labute approximate surface area is 237 Å². The second-order valence-electron chi connectivity index (χ2n) is 12.0. The van der Waals surface area contributed by atoms with E-state index in [0.29, 0.717) is 36.9 Å². The Bertz CT molecular complexity index is 1430. The number of para-hydroxylation sites is 1. The highest BCUT2D eigenvalue weighted by atomic mass is 32.2. The van der Waals surface area contributed by atoms with Crippen LogP contribution in [-0.2, 0) is 34.1 Å². The monoisotopic (exact) mass is 567 g/mol. The van der Waals surface area contributed by atoms with E-state index in [9.17, 15) is 13.2 Å². The van der Waals surface area contributed by atoms with E-state index in [-0.39, 0.29) is 6.09 Å². The van der Waals surface area contributed by atoms with Crippen LogP contribution in [0.15, 0.2) is 58.0 Å². The lowest BCUT2D eigenvalue weighted by atomic mass is 9.93. The summed E-state index contributed by atoms with van der Waals surface area (Å²) in [6, 6.07) is 13.5. The number of benzene rings is 2. The topological polar surface area (TPSA) is 92.1 Å². The summed E-state index contributed by atoms with van der Waals surface area (Å²) in [5.41, 5.74) is 3.29. The molecule has 2 aliphatic rings. The molecule has 0 spiro atoms. The van der Waals surface area contributed by atoms with E-state index in [0.717, 1.165) is 62.0 Å². The lowest BCUT2D eigenvalue weighted by Gasteiger charge is -2.32. The normalized spacial score (nSPS) is 17.2. The van der Waals surface area contributed by atoms with Crippen molar-refractivity contribution in [3.05, 3.63) is 65.4 Å². The number of hydrogen-bond donors (Lipinski definition) is 1. The number of amides is 1. The standard InChI is InChI=1S/C31H41N3O5S/c1-31(2,3)39-30(35)34-20-15-27-24(21-34)7-6-10-29(27)40(36,37)32-16-11-23-12-17-33(18-13-23)19-14-25-22-38-28-9-5-4-8-26(25)28/h4-10,22-23,32H,11-21H2,1-3H3. The number of rotatable bonds is 8. The zero-order valence-electron chi connectivity index (χ0n) is 23.8. The maximum Gasteiger partial charge on any atom is 0.410 e. The number of nitrogens with zero attached hydrogens (tertiary/aromatic N) is 2. The van der Waals surface area contributed by atoms with E-state index in [2.05, 4.69) is 15.7 Å². The minimum absolute atomic E-state index is 0.329. The van der Waals surface area contributed by atoms with Gasteiger partial charge in [0.1, 0.15) is 11.2 Å². The van der Waals surface area contributed by atoms with E-state index in [4.69, 9.17) is 9.15 Å². The van der Waals surface area contributed by atoms with E-state index in [1.165, 1.54) is 10.9 Å². The van der Waals surface area contributed by atoms with Crippen molar-refractivity contribution in [3.63, 3.8) is 0 Å². The van der Waals surface area contributed by atoms with Gasteiger partial charge in [0.15, 0.2) is 0 Å². The summed E-state index contributed by atoms with van der Waals surface area (Å²) in [5, 5.41) is 1.20. The van der Waals surface area contributed by atoms with Gasteiger partial charge in [-0.2, -0.15) is 0 Å². The quantitative estimate of drug-likeness (QED) is 0.395. The highest BCUT2D eigenvalue weighted by molar-refractivity contribution is 7.89. The van der Waals surface area contributed by atoms with Crippen LogP contribution in [0, 0.1) is 5.92 Å². The van der Waals surface area contributed by atoms with Crippen LogP contribution in [0.4, 0.5) is 4.79 Å². The number of likely N-dealkylation sites (tertiary alicyclic amines) is 1. The van der Waals surface area contributed by atoms with Crippen LogP contribution in [-0.4, -0.2) is 62.6 Å². The summed E-state index contributed by atoms with van der Waals surface area (Å²) in [4.78, 5) is 17.0. The van der Waals surface area contributed by atoms with E-state index in [1.807, 2.05) is 51.3 Å². The molecule has 1 aromatic heterocycles. The number of ether oxygens (including phenoxy) is 1. The van der Waals surface area contributed by atoms with Crippen molar-refractivity contribution in [1.82, 2.24) is 14.5 Å². The third-order valence-corrected chi connectivity index (χ3v) is 9.52. The molecule has 1 fully saturated rings. The first-order valence-corrected chi connectivity index (χ1v) is 15.8. The molecule has 40 heavy (non-hydrogen) atoms. The molecule has 8 nitrogen and oxygen atoms in total. The number of hydrogen-bond acceptors (Lipinski definition) is 6. The van der Waals surface area contributed by atoms with Crippen LogP contribution in [0.2, 0.25) is 0 Å². The van der Waals surface area contributed by atoms with Gasteiger partial charge in [-0.05, 0) is 101 Å². The molecule has 3 aromatic rings. The first kappa shape index (κ1) is 28.6. The number of fused-ring (bicyclic) bond motifs is 2. The molecule has 2 aromatic carbocycles. The highest BCUT2D eigenvalue weighted by Gasteiger charge is 2.29. The van der Waals surface area contributed by atoms with Crippen molar-refractivity contribution in [2.75, 3.05) is 32.7 Å². The molecule has 1 amide bonds. The molecule has 9 heteroatoms. The van der Waals surface area contributed by atoms with Gasteiger partial charge < -0.3 is 19.0 Å². The molecule has 0 radical (unpaired) electrons. The zero-order valence-corrected chi connectivity index (χ0v) is 24.6. The molecule has 0 aliphatic carbocycles. The zero-order chi connectivity index (χ0) is 28.3. The Kier molecular flexibility index (Phi) is 8.54. The molecule has 2 aliphatic heterocycles. The molecular formula is C31H41N3O5S. The van der Waals surface area contributed by atoms with Crippen LogP contribution < -0.4 is 4.72 Å². The van der Waals surface area contributed by atoms with Gasteiger partial charge in [0.05, 0.1) is 11.2 Å². The van der Waals surface area contributed by atoms with Gasteiger partial charge >= 0.3 is 6.09 Å². The largest absolute Gasteiger partial charge is 0.464 e. The van der Waals surface area contributed by atoms with Crippen molar-refractivity contribution >= 4 is 27.1 Å². The number of nitrogens with one attached hydrogen (secondary N) is 1. The van der Waals surface area contributed by atoms with Gasteiger partial charge in [0.25, 0.3) is 0 Å². The fraction of sp³-hybridized carbons (Fsp3) is 0.516. The summed E-state index contributed by atoms with van der Waals surface area (Å²) < 4.78 is 40.5. The molecule has 1 N–H and O–H groups in total. The van der Waals surface area contributed by atoms with Gasteiger partial charge in [-0.15, -0.1) is 0 Å². The molecule has 0 atom stereocenters. The summed E-state index contributed by atoms with van der Waals surface area (Å²) in [6.45, 7) is 9.81. The average molecular weight is 568 g/mol. The fourth-order valence-electron chi connectivity index (χ4n) is 5.79. The van der Waals surface area contributed by atoms with Crippen molar-refractivity contribution in [2.24, 2.45) is 5.92 Å². The SMILES string of the molecule is CC(C)(C)OC(=O)N1CCc2c(cccc2S(=O)(=O)NCCC2CCN(CCc3coc4ccccc34)CC2)C1. The fourth-order valence-corrected chi connectivity index (χ4v) is 7.14. The van der Waals surface area contributed by atoms with Gasteiger partial charge in [0, 0.05) is 31.6 Å². The number of carbonyl (C=O) groups is 1. The van der Waals surface area contributed by atoms with Crippen molar-refractivity contribution in [3.8, 4) is 0 Å². The molecule has 0 bridgehead atoms. The Hall–Kier alpha value is -2.88. The highest BCUT2D eigenvalue weighted by Crippen LogP contribution is 2.28. The molecule has 0 saturated carbocycles. The maximum absolute atomic E-state index is 13.3. The molecule has 3 heterocycles. The smallest absolute Gasteiger partial charge is 0.410 e. The van der Waals surface area contributed by atoms with Crippen LogP contribution in [0.3, 0.4) is 0 Å². The Morgan fingerprint density at radius 2 is 1.85 bits per heavy atom. The number of carbonyl (C=O) groups excluding carboxylic acids is 1. The number of sulfonamides is 1. The van der Waals surface area contributed by atoms with Gasteiger partial charge in [-0.1, -0.05) is 30.3 Å². The van der Waals surface area contributed by atoms with Gasteiger partial charge in [-0.3, -0.25) is 0 Å². The van der Waals surface area contributed by atoms with E-state index >= 15 is 0 Å². The first-order valence-electron chi connectivity index (χ1n) is 14.3. The van der Waals surface area contributed by atoms with Crippen molar-refractivity contribution in [1.29, 1.82) is 0 Å². The Morgan fingerprint density at radius 3 is 2.62 bits per heavy atom. The number of furan rings is 1. The molecular weight excluding hydrogens is 526 g/mol. The molecule has 0 unspecified atom stereocenters. The lowest BCUT2D eigenvalue weighted by molar-refractivity contribution is 0.0223. The minimum Gasteiger partial charge on any atom is -0.464 e. The summed E-state index contributed by atoms with van der Waals surface area (Å²) in [7, 11) is -3.64. The van der Waals surface area contributed by atoms with Crippen molar-refractivity contribution < 1.29 is 22.4 Å². The van der Waals surface area contributed by atoms with Crippen LogP contribution in [0.25, 0.3) is 11.0 Å². The first-order chi connectivity index (χ1) is 19.1. The second-order valence-corrected chi connectivity index (χ2v) is 13.8.